The lowest BCUT2D eigenvalue weighted by Gasteiger charge is -2.34. The molecule has 1 N–H and O–H groups in total. The zero-order valence-electron chi connectivity index (χ0n) is 12.6. The lowest BCUT2D eigenvalue weighted by molar-refractivity contribution is -0.144. The Balaban J connectivity index is 1.99. The molecule has 1 fully saturated rings. The minimum atomic E-state index is -0.703. The molecule has 1 saturated heterocycles. The van der Waals surface area contributed by atoms with Crippen molar-refractivity contribution in [3.05, 3.63) is 28.2 Å². The summed E-state index contributed by atoms with van der Waals surface area (Å²) in [5.74, 6) is -1.27. The van der Waals surface area contributed by atoms with Gasteiger partial charge in [0.25, 0.3) is 0 Å². The summed E-state index contributed by atoms with van der Waals surface area (Å²) in [6.45, 7) is 1.84. The van der Waals surface area contributed by atoms with Gasteiger partial charge in [0.15, 0.2) is 0 Å². The highest BCUT2D eigenvalue weighted by molar-refractivity contribution is 6.42. The number of likely N-dealkylation sites (N-methyl/N-ethyl adjacent to an activating group) is 1. The molecular weight excluding hydrogens is 325 g/mol. The van der Waals surface area contributed by atoms with Crippen molar-refractivity contribution < 1.29 is 9.59 Å². The fourth-order valence-electron chi connectivity index (χ4n) is 2.48. The molecule has 0 atom stereocenters. The van der Waals surface area contributed by atoms with E-state index in [1.165, 1.54) is 11.0 Å². The molecule has 2 amide bonds. The molecular formula is C15H19Cl2N3O2. The molecule has 0 saturated carbocycles. The van der Waals surface area contributed by atoms with E-state index >= 15 is 0 Å². The Morgan fingerprint density at radius 1 is 1.27 bits per heavy atom. The number of piperidine rings is 1. The third kappa shape index (κ3) is 4.12. The molecule has 1 aromatic carbocycles. The number of rotatable bonds is 2. The number of hydrogen-bond donors (Lipinski definition) is 1. The third-order valence-electron chi connectivity index (χ3n) is 3.93. The standard InChI is InChI=1S/C15H19Cl2N3O2/c1-19-7-5-11(6-8-19)20(2)15(22)14(21)18-13-9-10(16)3-4-12(13)17/h3-4,9,11H,5-8H2,1-2H3,(H,18,21). The SMILES string of the molecule is CN1CCC(N(C)C(=O)C(=O)Nc2cc(Cl)ccc2Cl)CC1. The third-order valence-corrected chi connectivity index (χ3v) is 4.49. The maximum Gasteiger partial charge on any atom is 0.313 e. The van der Waals surface area contributed by atoms with Crippen LogP contribution in [-0.2, 0) is 9.59 Å². The molecule has 7 heteroatoms. The normalized spacial score (nSPS) is 16.4. The number of likely N-dealkylation sites (tertiary alicyclic amines) is 1. The molecule has 0 aliphatic carbocycles. The average molecular weight is 344 g/mol. The zero-order chi connectivity index (χ0) is 16.3. The number of amides is 2. The summed E-state index contributed by atoms with van der Waals surface area (Å²) in [7, 11) is 3.71. The molecule has 2 rings (SSSR count). The van der Waals surface area contributed by atoms with Crippen LogP contribution in [0.2, 0.25) is 10.0 Å². The van der Waals surface area contributed by atoms with Gasteiger partial charge in [-0.05, 0) is 51.2 Å². The number of nitrogens with one attached hydrogen (secondary N) is 1. The molecule has 5 nitrogen and oxygen atoms in total. The van der Waals surface area contributed by atoms with Gasteiger partial charge in [0.1, 0.15) is 0 Å². The average Bonchev–Trinajstić information content (AvgIpc) is 2.50. The lowest BCUT2D eigenvalue weighted by atomic mass is 10.0. The van der Waals surface area contributed by atoms with Gasteiger partial charge in [-0.25, -0.2) is 0 Å². The largest absolute Gasteiger partial charge is 0.334 e. The summed E-state index contributed by atoms with van der Waals surface area (Å²) in [6.07, 6.45) is 1.73. The molecule has 0 aromatic heterocycles. The van der Waals surface area contributed by atoms with Crippen LogP contribution in [0, 0.1) is 0 Å². The van der Waals surface area contributed by atoms with E-state index in [9.17, 15) is 9.59 Å². The van der Waals surface area contributed by atoms with Crippen molar-refractivity contribution in [1.82, 2.24) is 9.80 Å². The van der Waals surface area contributed by atoms with Crippen LogP contribution < -0.4 is 5.32 Å². The molecule has 22 heavy (non-hydrogen) atoms. The molecule has 1 heterocycles. The number of halogens is 2. The van der Waals surface area contributed by atoms with E-state index in [-0.39, 0.29) is 6.04 Å². The summed E-state index contributed by atoms with van der Waals surface area (Å²) in [6, 6.07) is 4.80. The molecule has 0 radical (unpaired) electrons. The molecule has 1 aliphatic rings. The van der Waals surface area contributed by atoms with Crippen LogP contribution in [0.25, 0.3) is 0 Å². The van der Waals surface area contributed by atoms with Gasteiger partial charge < -0.3 is 15.1 Å². The Labute approximate surface area is 140 Å². The predicted octanol–water partition coefficient (Wildman–Crippen LogP) is 2.48. The summed E-state index contributed by atoms with van der Waals surface area (Å²) >= 11 is 11.9. The van der Waals surface area contributed by atoms with Crippen molar-refractivity contribution >= 4 is 40.7 Å². The van der Waals surface area contributed by atoms with Crippen molar-refractivity contribution in [2.24, 2.45) is 0 Å². The first-order chi connectivity index (χ1) is 10.4. The van der Waals surface area contributed by atoms with E-state index in [0.717, 1.165) is 25.9 Å². The van der Waals surface area contributed by atoms with Crippen molar-refractivity contribution in [2.75, 3.05) is 32.5 Å². The van der Waals surface area contributed by atoms with E-state index < -0.39 is 11.8 Å². The Hall–Kier alpha value is -1.30. The number of carbonyl (C=O) groups is 2. The van der Waals surface area contributed by atoms with Gasteiger partial charge >= 0.3 is 11.8 Å². The minimum absolute atomic E-state index is 0.0873. The number of anilines is 1. The van der Waals surface area contributed by atoms with E-state index in [1.807, 2.05) is 7.05 Å². The van der Waals surface area contributed by atoms with Crippen LogP contribution in [0.4, 0.5) is 5.69 Å². The molecule has 1 aromatic rings. The Bertz CT molecular complexity index is 572. The summed E-state index contributed by atoms with van der Waals surface area (Å²) in [5.41, 5.74) is 0.337. The lowest BCUT2D eigenvalue weighted by Crippen LogP contribution is -2.47. The van der Waals surface area contributed by atoms with Crippen molar-refractivity contribution in [3.63, 3.8) is 0 Å². The quantitative estimate of drug-likeness (QED) is 0.839. The number of benzene rings is 1. The number of hydrogen-bond acceptors (Lipinski definition) is 3. The second-order valence-corrected chi connectivity index (χ2v) is 6.37. The highest BCUT2D eigenvalue weighted by Crippen LogP contribution is 2.25. The monoisotopic (exact) mass is 343 g/mol. The first kappa shape index (κ1) is 17.1. The van der Waals surface area contributed by atoms with Crippen LogP contribution in [-0.4, -0.2) is 54.8 Å². The molecule has 0 spiro atoms. The maximum atomic E-state index is 12.2. The summed E-state index contributed by atoms with van der Waals surface area (Å²) in [5, 5.41) is 3.30. The predicted molar refractivity (Wildman–Crippen MR) is 88.4 cm³/mol. The maximum absolute atomic E-state index is 12.2. The van der Waals surface area contributed by atoms with E-state index in [4.69, 9.17) is 23.2 Å². The fourth-order valence-corrected chi connectivity index (χ4v) is 2.81. The second-order valence-electron chi connectivity index (χ2n) is 5.53. The second kappa shape index (κ2) is 7.31. The number of carbonyl (C=O) groups excluding carboxylic acids is 2. The fraction of sp³-hybridized carbons (Fsp3) is 0.467. The Morgan fingerprint density at radius 2 is 1.91 bits per heavy atom. The van der Waals surface area contributed by atoms with Gasteiger partial charge in [0.05, 0.1) is 10.7 Å². The summed E-state index contributed by atoms with van der Waals surface area (Å²) in [4.78, 5) is 28.1. The Morgan fingerprint density at radius 3 is 2.55 bits per heavy atom. The van der Waals surface area contributed by atoms with Crippen molar-refractivity contribution in [3.8, 4) is 0 Å². The topological polar surface area (TPSA) is 52.7 Å². The van der Waals surface area contributed by atoms with E-state index in [0.29, 0.717) is 15.7 Å². The van der Waals surface area contributed by atoms with Crippen LogP contribution in [0.1, 0.15) is 12.8 Å². The van der Waals surface area contributed by atoms with Crippen LogP contribution in [0.3, 0.4) is 0 Å². The summed E-state index contributed by atoms with van der Waals surface area (Å²) < 4.78 is 0. The van der Waals surface area contributed by atoms with Crippen LogP contribution in [0.15, 0.2) is 18.2 Å². The van der Waals surface area contributed by atoms with Gasteiger partial charge in [-0.15, -0.1) is 0 Å². The minimum Gasteiger partial charge on any atom is -0.334 e. The van der Waals surface area contributed by atoms with Crippen molar-refractivity contribution in [1.29, 1.82) is 0 Å². The molecule has 0 unspecified atom stereocenters. The first-order valence-electron chi connectivity index (χ1n) is 7.10. The van der Waals surface area contributed by atoms with E-state index in [1.54, 1.807) is 19.2 Å². The van der Waals surface area contributed by atoms with Gasteiger partial charge in [-0.1, -0.05) is 23.2 Å². The van der Waals surface area contributed by atoms with Crippen LogP contribution in [0.5, 0.6) is 0 Å². The van der Waals surface area contributed by atoms with Gasteiger partial charge in [0.2, 0.25) is 0 Å². The highest BCUT2D eigenvalue weighted by atomic mass is 35.5. The van der Waals surface area contributed by atoms with Gasteiger partial charge in [0, 0.05) is 18.1 Å². The first-order valence-corrected chi connectivity index (χ1v) is 7.86. The number of nitrogens with zero attached hydrogens (tertiary/aromatic N) is 2. The van der Waals surface area contributed by atoms with Crippen molar-refractivity contribution in [2.45, 2.75) is 18.9 Å². The molecule has 0 bridgehead atoms. The van der Waals surface area contributed by atoms with Gasteiger partial charge in [-0.2, -0.15) is 0 Å². The highest BCUT2D eigenvalue weighted by Gasteiger charge is 2.28. The molecule has 1 aliphatic heterocycles. The zero-order valence-corrected chi connectivity index (χ0v) is 14.1. The molecule has 120 valence electrons. The van der Waals surface area contributed by atoms with E-state index in [2.05, 4.69) is 10.2 Å². The Kier molecular flexibility index (Phi) is 5.67. The smallest absolute Gasteiger partial charge is 0.313 e. The van der Waals surface area contributed by atoms with Crippen LogP contribution >= 0.6 is 23.2 Å². The van der Waals surface area contributed by atoms with Gasteiger partial charge in [-0.3, -0.25) is 9.59 Å².